The number of benzene rings is 2. The highest BCUT2D eigenvalue weighted by Gasteiger charge is 2.05. The van der Waals surface area contributed by atoms with E-state index < -0.39 is 0 Å². The molecular weight excluding hydrogens is 324 g/mol. The lowest BCUT2D eigenvalue weighted by molar-refractivity contribution is 0.479. The van der Waals surface area contributed by atoms with Crippen LogP contribution in [0, 0.1) is 0 Å². The molecule has 0 saturated carbocycles. The number of ether oxygens (including phenoxy) is 1. The lowest BCUT2D eigenvalue weighted by Gasteiger charge is -2.10. The van der Waals surface area contributed by atoms with Gasteiger partial charge in [-0.1, -0.05) is 32.0 Å². The molecule has 2 rings (SSSR count). The molecule has 0 N–H and O–H groups in total. The molecule has 0 spiro atoms. The van der Waals surface area contributed by atoms with E-state index in [2.05, 4.69) is 41.9 Å². The van der Waals surface area contributed by atoms with Crippen LogP contribution in [0.25, 0.3) is 0 Å². The number of rotatable bonds is 4. The van der Waals surface area contributed by atoms with Crippen molar-refractivity contribution in [1.82, 2.24) is 0 Å². The molecule has 0 aromatic heterocycles. The Hall–Kier alpha value is -0.990. The van der Waals surface area contributed by atoms with Crippen LogP contribution < -0.4 is 4.74 Å². The van der Waals surface area contributed by atoms with Crippen LogP contribution in [-0.2, 0) is 5.88 Å². The first-order valence-corrected chi connectivity index (χ1v) is 7.55. The fourth-order valence-corrected chi connectivity index (χ4v) is 2.43. The molecule has 19 heavy (non-hydrogen) atoms. The van der Waals surface area contributed by atoms with Crippen molar-refractivity contribution in [3.05, 3.63) is 58.1 Å². The molecule has 0 radical (unpaired) electrons. The maximum Gasteiger partial charge on any atom is 0.141 e. The summed E-state index contributed by atoms with van der Waals surface area (Å²) >= 11 is 9.30. The minimum atomic E-state index is 0.502. The molecule has 1 nitrogen and oxygen atoms in total. The van der Waals surface area contributed by atoms with E-state index in [1.807, 2.05) is 30.3 Å². The smallest absolute Gasteiger partial charge is 0.141 e. The predicted molar refractivity (Wildman–Crippen MR) is 84.3 cm³/mol. The van der Waals surface area contributed by atoms with Gasteiger partial charge in [0.25, 0.3) is 0 Å². The molecule has 0 bridgehead atoms. The van der Waals surface area contributed by atoms with E-state index in [4.69, 9.17) is 16.3 Å². The second kappa shape index (κ2) is 6.44. The minimum absolute atomic E-state index is 0.502. The molecule has 0 fully saturated rings. The second-order valence-corrected chi connectivity index (χ2v) is 5.85. The monoisotopic (exact) mass is 338 g/mol. The Morgan fingerprint density at radius 1 is 1.11 bits per heavy atom. The van der Waals surface area contributed by atoms with Crippen LogP contribution in [0.4, 0.5) is 0 Å². The van der Waals surface area contributed by atoms with Crippen molar-refractivity contribution in [3.63, 3.8) is 0 Å². The van der Waals surface area contributed by atoms with Crippen molar-refractivity contribution < 1.29 is 4.74 Å². The van der Waals surface area contributed by atoms with Gasteiger partial charge in [0.1, 0.15) is 11.5 Å². The van der Waals surface area contributed by atoms with Crippen molar-refractivity contribution in [2.45, 2.75) is 25.6 Å². The Balaban J connectivity index is 2.16. The van der Waals surface area contributed by atoms with Crippen LogP contribution in [-0.4, -0.2) is 0 Å². The summed E-state index contributed by atoms with van der Waals surface area (Å²) in [4.78, 5) is 0. The largest absolute Gasteiger partial charge is 0.456 e. The Bertz CT molecular complexity index is 549. The van der Waals surface area contributed by atoms with Gasteiger partial charge in [-0.2, -0.15) is 0 Å². The molecule has 0 heterocycles. The zero-order valence-electron chi connectivity index (χ0n) is 11.0. The first-order chi connectivity index (χ1) is 9.10. The SMILES string of the molecule is CC(C)c1ccc(Oc2ccc(CCl)cc2Br)cc1. The van der Waals surface area contributed by atoms with Crippen molar-refractivity contribution >= 4 is 27.5 Å². The number of halogens is 2. The van der Waals surface area contributed by atoms with Gasteiger partial charge in [0.2, 0.25) is 0 Å². The zero-order valence-corrected chi connectivity index (χ0v) is 13.3. The fraction of sp³-hybridized carbons (Fsp3) is 0.250. The van der Waals surface area contributed by atoms with Crippen LogP contribution in [0.5, 0.6) is 11.5 Å². The van der Waals surface area contributed by atoms with Crippen molar-refractivity contribution in [2.75, 3.05) is 0 Å². The van der Waals surface area contributed by atoms with Gasteiger partial charge in [-0.3, -0.25) is 0 Å². The Labute approximate surface area is 127 Å². The number of alkyl halides is 1. The highest BCUT2D eigenvalue weighted by atomic mass is 79.9. The summed E-state index contributed by atoms with van der Waals surface area (Å²) in [5, 5.41) is 0. The molecule has 100 valence electrons. The van der Waals surface area contributed by atoms with Crippen molar-refractivity contribution in [2.24, 2.45) is 0 Å². The predicted octanol–water partition coefficient (Wildman–Crippen LogP) is 6.10. The van der Waals surface area contributed by atoms with Gasteiger partial charge in [0.15, 0.2) is 0 Å². The van der Waals surface area contributed by atoms with Crippen molar-refractivity contribution in [1.29, 1.82) is 0 Å². The highest BCUT2D eigenvalue weighted by Crippen LogP contribution is 2.31. The summed E-state index contributed by atoms with van der Waals surface area (Å²) in [6.45, 7) is 4.36. The Kier molecular flexibility index (Phi) is 4.89. The highest BCUT2D eigenvalue weighted by molar-refractivity contribution is 9.10. The molecule has 0 aliphatic rings. The summed E-state index contributed by atoms with van der Waals surface area (Å²) in [5.74, 6) is 2.67. The molecule has 0 amide bonds. The Morgan fingerprint density at radius 3 is 2.32 bits per heavy atom. The standard InChI is InChI=1S/C16H16BrClO/c1-11(2)13-4-6-14(7-5-13)19-16-8-3-12(10-18)9-15(16)17/h3-9,11H,10H2,1-2H3. The molecular formula is C16H16BrClO. The van der Waals surface area contributed by atoms with Crippen molar-refractivity contribution in [3.8, 4) is 11.5 Å². The van der Waals surface area contributed by atoms with Gasteiger partial charge < -0.3 is 4.74 Å². The lowest BCUT2D eigenvalue weighted by Crippen LogP contribution is -1.89. The minimum Gasteiger partial charge on any atom is -0.456 e. The van der Waals surface area contributed by atoms with Crippen LogP contribution in [0.15, 0.2) is 46.9 Å². The molecule has 3 heteroatoms. The first kappa shape index (κ1) is 14.4. The Morgan fingerprint density at radius 2 is 1.79 bits per heavy atom. The van der Waals surface area contributed by atoms with Gasteiger partial charge in [0, 0.05) is 5.88 Å². The number of hydrogen-bond donors (Lipinski definition) is 0. The third kappa shape index (κ3) is 3.74. The van der Waals surface area contributed by atoms with E-state index in [-0.39, 0.29) is 0 Å². The summed E-state index contributed by atoms with van der Waals surface area (Å²) in [6.07, 6.45) is 0. The summed E-state index contributed by atoms with van der Waals surface area (Å²) in [5.41, 5.74) is 2.37. The average molecular weight is 340 g/mol. The maximum absolute atomic E-state index is 5.85. The van der Waals surface area contributed by atoms with Gasteiger partial charge in [0.05, 0.1) is 4.47 Å². The molecule has 0 saturated heterocycles. The fourth-order valence-electron chi connectivity index (χ4n) is 1.76. The van der Waals surface area contributed by atoms with Gasteiger partial charge in [-0.15, -0.1) is 11.6 Å². The van der Waals surface area contributed by atoms with E-state index >= 15 is 0 Å². The maximum atomic E-state index is 5.85. The van der Waals surface area contributed by atoms with Crippen LogP contribution in [0.3, 0.4) is 0 Å². The lowest BCUT2D eigenvalue weighted by atomic mass is 10.0. The van der Waals surface area contributed by atoms with Crippen LogP contribution >= 0.6 is 27.5 Å². The van der Waals surface area contributed by atoms with E-state index in [1.165, 1.54) is 5.56 Å². The first-order valence-electron chi connectivity index (χ1n) is 6.22. The van der Waals surface area contributed by atoms with E-state index in [1.54, 1.807) is 0 Å². The molecule has 0 atom stereocenters. The topological polar surface area (TPSA) is 9.23 Å². The average Bonchev–Trinajstić information content (AvgIpc) is 2.41. The third-order valence-corrected chi connectivity index (χ3v) is 3.85. The quantitative estimate of drug-likeness (QED) is 0.611. The van der Waals surface area contributed by atoms with Gasteiger partial charge in [-0.25, -0.2) is 0 Å². The molecule has 2 aromatic carbocycles. The molecule has 0 unspecified atom stereocenters. The van der Waals surface area contributed by atoms with Crippen LogP contribution in [0.1, 0.15) is 30.9 Å². The summed E-state index contributed by atoms with van der Waals surface area (Å²) < 4.78 is 6.77. The second-order valence-electron chi connectivity index (χ2n) is 4.72. The normalized spacial score (nSPS) is 10.8. The number of hydrogen-bond acceptors (Lipinski definition) is 1. The molecule has 0 aliphatic carbocycles. The van der Waals surface area contributed by atoms with E-state index in [9.17, 15) is 0 Å². The van der Waals surface area contributed by atoms with Gasteiger partial charge >= 0.3 is 0 Å². The van der Waals surface area contributed by atoms with Gasteiger partial charge in [-0.05, 0) is 57.2 Å². The van der Waals surface area contributed by atoms with E-state index in [0.717, 1.165) is 21.5 Å². The zero-order chi connectivity index (χ0) is 13.8. The summed E-state index contributed by atoms with van der Waals surface area (Å²) in [6, 6.07) is 14.1. The molecule has 0 aliphatic heterocycles. The molecule has 2 aromatic rings. The van der Waals surface area contributed by atoms with E-state index in [0.29, 0.717) is 11.8 Å². The van der Waals surface area contributed by atoms with Crippen LogP contribution in [0.2, 0.25) is 0 Å². The summed E-state index contributed by atoms with van der Waals surface area (Å²) in [7, 11) is 0. The third-order valence-electron chi connectivity index (χ3n) is 2.93.